The highest BCUT2D eigenvalue weighted by Crippen LogP contribution is 2.20. The molecule has 0 aliphatic carbocycles. The number of benzene rings is 1. The summed E-state index contributed by atoms with van der Waals surface area (Å²) in [6, 6.07) is 8.40. The molecule has 0 heterocycles. The summed E-state index contributed by atoms with van der Waals surface area (Å²) in [7, 11) is -3.51. The normalized spacial score (nSPS) is 10.9. The van der Waals surface area contributed by atoms with E-state index in [2.05, 4.69) is 20.7 Å². The van der Waals surface area contributed by atoms with Gasteiger partial charge in [0.25, 0.3) is 0 Å². The average Bonchev–Trinajstić information content (AvgIpc) is 2.18. The molecule has 0 saturated carbocycles. The lowest BCUT2D eigenvalue weighted by molar-refractivity contribution is 0.582. The van der Waals surface area contributed by atoms with Gasteiger partial charge in [-0.15, -0.1) is 0 Å². The number of rotatable bonds is 4. The third-order valence-corrected chi connectivity index (χ3v) is 4.13. The van der Waals surface area contributed by atoms with Crippen molar-refractivity contribution in [3.8, 4) is 6.07 Å². The Hall–Kier alpha value is -0.900. The van der Waals surface area contributed by atoms with Gasteiger partial charge in [0, 0.05) is 17.4 Å². The number of nitriles is 1. The summed E-state index contributed by atoms with van der Waals surface area (Å²) in [6.45, 7) is 0.125. The Kier molecular flexibility index (Phi) is 4.27. The highest BCUT2D eigenvalue weighted by atomic mass is 79.9. The summed E-state index contributed by atoms with van der Waals surface area (Å²) in [5.41, 5.74) is 0. The first kappa shape index (κ1) is 12.2. The predicted molar refractivity (Wildman–Crippen MR) is 59.6 cm³/mol. The molecule has 80 valence electrons. The average molecular weight is 289 g/mol. The van der Waals surface area contributed by atoms with Crippen molar-refractivity contribution in [2.45, 2.75) is 11.3 Å². The number of hydrogen-bond acceptors (Lipinski definition) is 3. The lowest BCUT2D eigenvalue weighted by Crippen LogP contribution is -2.24. The molecule has 0 fully saturated rings. The van der Waals surface area contributed by atoms with Crippen LogP contribution in [0.4, 0.5) is 0 Å². The van der Waals surface area contributed by atoms with Crippen molar-refractivity contribution in [3.63, 3.8) is 0 Å². The second-order valence-corrected chi connectivity index (χ2v) is 5.33. The van der Waals surface area contributed by atoms with Gasteiger partial charge in [0.15, 0.2) is 0 Å². The van der Waals surface area contributed by atoms with Gasteiger partial charge >= 0.3 is 0 Å². The fourth-order valence-electron chi connectivity index (χ4n) is 0.982. The zero-order valence-electron chi connectivity index (χ0n) is 7.77. The number of nitrogens with zero attached hydrogens (tertiary/aromatic N) is 1. The van der Waals surface area contributed by atoms with Crippen LogP contribution in [0.15, 0.2) is 33.6 Å². The summed E-state index contributed by atoms with van der Waals surface area (Å²) in [6.07, 6.45) is 0.156. The van der Waals surface area contributed by atoms with Crippen molar-refractivity contribution in [2.75, 3.05) is 6.54 Å². The van der Waals surface area contributed by atoms with Crippen LogP contribution in [-0.4, -0.2) is 15.0 Å². The van der Waals surface area contributed by atoms with Crippen molar-refractivity contribution in [1.29, 1.82) is 5.26 Å². The van der Waals surface area contributed by atoms with Gasteiger partial charge in [0.1, 0.15) is 0 Å². The Morgan fingerprint density at radius 1 is 1.40 bits per heavy atom. The Labute approximate surface area is 97.1 Å². The van der Waals surface area contributed by atoms with Crippen molar-refractivity contribution < 1.29 is 8.42 Å². The number of halogens is 1. The zero-order chi connectivity index (χ0) is 11.3. The molecule has 0 unspecified atom stereocenters. The van der Waals surface area contributed by atoms with E-state index in [9.17, 15) is 8.42 Å². The quantitative estimate of drug-likeness (QED) is 0.857. The minimum Gasteiger partial charge on any atom is -0.210 e. The zero-order valence-corrected chi connectivity index (χ0v) is 10.2. The van der Waals surface area contributed by atoms with Gasteiger partial charge < -0.3 is 0 Å². The fraction of sp³-hybridized carbons (Fsp3) is 0.222. The van der Waals surface area contributed by atoms with Crippen molar-refractivity contribution in [2.24, 2.45) is 0 Å². The van der Waals surface area contributed by atoms with Crippen molar-refractivity contribution in [3.05, 3.63) is 28.7 Å². The molecule has 1 aromatic carbocycles. The van der Waals surface area contributed by atoms with Crippen LogP contribution in [0.3, 0.4) is 0 Å². The first-order chi connectivity index (χ1) is 7.08. The fourth-order valence-corrected chi connectivity index (χ4v) is 3.01. The van der Waals surface area contributed by atoms with E-state index in [1.807, 2.05) is 6.07 Å². The van der Waals surface area contributed by atoms with Crippen LogP contribution in [0, 0.1) is 11.3 Å². The van der Waals surface area contributed by atoms with Crippen LogP contribution >= 0.6 is 15.9 Å². The van der Waals surface area contributed by atoms with E-state index in [1.54, 1.807) is 18.2 Å². The van der Waals surface area contributed by atoms with E-state index in [0.717, 1.165) is 0 Å². The summed E-state index contributed by atoms with van der Waals surface area (Å²) >= 11 is 3.16. The Balaban J connectivity index is 2.88. The third-order valence-electron chi connectivity index (χ3n) is 1.66. The molecular formula is C9H9BrN2O2S. The van der Waals surface area contributed by atoms with Gasteiger partial charge in [0.05, 0.1) is 11.0 Å². The number of nitrogens with one attached hydrogen (secondary N) is 1. The molecule has 0 aromatic heterocycles. The largest absolute Gasteiger partial charge is 0.241 e. The van der Waals surface area contributed by atoms with Gasteiger partial charge in [-0.3, -0.25) is 0 Å². The Bertz CT molecular complexity index is 479. The van der Waals surface area contributed by atoms with Crippen LogP contribution in [0.25, 0.3) is 0 Å². The van der Waals surface area contributed by atoms with E-state index in [1.165, 1.54) is 6.07 Å². The maximum Gasteiger partial charge on any atom is 0.241 e. The molecule has 0 spiro atoms. The predicted octanol–water partition coefficient (Wildman–Crippen LogP) is 1.64. The van der Waals surface area contributed by atoms with Gasteiger partial charge in [0.2, 0.25) is 10.0 Å². The molecular weight excluding hydrogens is 280 g/mol. The molecule has 1 aromatic rings. The second-order valence-electron chi connectivity index (χ2n) is 2.74. The number of sulfonamides is 1. The van der Waals surface area contributed by atoms with E-state index >= 15 is 0 Å². The molecule has 0 aliphatic heterocycles. The monoisotopic (exact) mass is 288 g/mol. The van der Waals surface area contributed by atoms with Crippen molar-refractivity contribution >= 4 is 26.0 Å². The maximum absolute atomic E-state index is 11.7. The Morgan fingerprint density at radius 2 is 2.07 bits per heavy atom. The van der Waals surface area contributed by atoms with Crippen LogP contribution in [0.1, 0.15) is 6.42 Å². The molecule has 1 N–H and O–H groups in total. The molecule has 4 nitrogen and oxygen atoms in total. The van der Waals surface area contributed by atoms with E-state index in [0.29, 0.717) is 4.47 Å². The summed E-state index contributed by atoms with van der Waals surface area (Å²) in [4.78, 5) is 0.183. The van der Waals surface area contributed by atoms with Crippen molar-refractivity contribution in [1.82, 2.24) is 4.72 Å². The highest BCUT2D eigenvalue weighted by molar-refractivity contribution is 9.10. The van der Waals surface area contributed by atoms with E-state index in [-0.39, 0.29) is 17.9 Å². The molecule has 0 radical (unpaired) electrons. The highest BCUT2D eigenvalue weighted by Gasteiger charge is 2.15. The SMILES string of the molecule is N#CCCNS(=O)(=O)c1ccccc1Br. The van der Waals surface area contributed by atoms with Crippen LogP contribution in [-0.2, 0) is 10.0 Å². The first-order valence-electron chi connectivity index (χ1n) is 4.19. The van der Waals surface area contributed by atoms with Crippen LogP contribution in [0.2, 0.25) is 0 Å². The first-order valence-corrected chi connectivity index (χ1v) is 6.46. The van der Waals surface area contributed by atoms with E-state index < -0.39 is 10.0 Å². The lowest BCUT2D eigenvalue weighted by Gasteiger charge is -2.06. The minimum absolute atomic E-state index is 0.125. The smallest absolute Gasteiger partial charge is 0.210 e. The summed E-state index contributed by atoms with van der Waals surface area (Å²) in [5, 5.41) is 8.29. The molecule has 0 aliphatic rings. The standard InChI is InChI=1S/C9H9BrN2O2S/c10-8-4-1-2-5-9(8)15(13,14)12-7-3-6-11/h1-2,4-5,12H,3,7H2. The summed E-state index contributed by atoms with van der Waals surface area (Å²) in [5.74, 6) is 0. The van der Waals surface area contributed by atoms with Gasteiger partial charge in [-0.05, 0) is 28.1 Å². The topological polar surface area (TPSA) is 70.0 Å². The van der Waals surface area contributed by atoms with Crippen LogP contribution < -0.4 is 4.72 Å². The van der Waals surface area contributed by atoms with Gasteiger partial charge in [-0.2, -0.15) is 5.26 Å². The molecule has 0 bridgehead atoms. The Morgan fingerprint density at radius 3 is 2.67 bits per heavy atom. The second kappa shape index (κ2) is 5.26. The van der Waals surface area contributed by atoms with Crippen LogP contribution in [0.5, 0.6) is 0 Å². The molecule has 0 atom stereocenters. The van der Waals surface area contributed by atoms with E-state index in [4.69, 9.17) is 5.26 Å². The maximum atomic E-state index is 11.7. The molecule has 0 amide bonds. The lowest BCUT2D eigenvalue weighted by atomic mass is 10.4. The van der Waals surface area contributed by atoms with Gasteiger partial charge in [-0.25, -0.2) is 13.1 Å². The number of hydrogen-bond donors (Lipinski definition) is 1. The summed E-state index contributed by atoms with van der Waals surface area (Å²) < 4.78 is 26.2. The molecule has 15 heavy (non-hydrogen) atoms. The molecule has 1 rings (SSSR count). The van der Waals surface area contributed by atoms with Gasteiger partial charge in [-0.1, -0.05) is 12.1 Å². The third kappa shape index (κ3) is 3.30. The molecule has 0 saturated heterocycles. The molecule has 6 heteroatoms. The minimum atomic E-state index is -3.51.